The van der Waals surface area contributed by atoms with Crippen LogP contribution in [-0.2, 0) is 0 Å². The highest BCUT2D eigenvalue weighted by Crippen LogP contribution is 2.44. The lowest BCUT2D eigenvalue weighted by Crippen LogP contribution is -1.98. The van der Waals surface area contributed by atoms with Gasteiger partial charge in [0.15, 0.2) is 0 Å². The monoisotopic (exact) mass is 640 g/mol. The summed E-state index contributed by atoms with van der Waals surface area (Å²) >= 11 is 1.87. The van der Waals surface area contributed by atoms with Gasteiger partial charge in [-0.05, 0) is 59.3 Å². The fraction of sp³-hybridized carbons (Fsp3) is 0. The molecule has 0 aliphatic rings. The third kappa shape index (κ3) is 3.82. The highest BCUT2D eigenvalue weighted by molar-refractivity contribution is 7.25. The quantitative estimate of drug-likeness (QED) is 0.182. The van der Waals surface area contributed by atoms with Crippen molar-refractivity contribution in [3.63, 3.8) is 0 Å². The molecule has 49 heavy (non-hydrogen) atoms. The van der Waals surface area contributed by atoms with E-state index in [0.29, 0.717) is 0 Å². The van der Waals surface area contributed by atoms with Gasteiger partial charge in [0.05, 0.1) is 22.1 Å². The molecule has 0 unspecified atom stereocenters. The maximum atomic E-state index is 2.49. The van der Waals surface area contributed by atoms with Crippen LogP contribution in [0.1, 0.15) is 0 Å². The first-order chi connectivity index (χ1) is 24.3. The summed E-state index contributed by atoms with van der Waals surface area (Å²) in [4.78, 5) is 0. The Morgan fingerprint density at radius 2 is 0.837 bits per heavy atom. The Morgan fingerprint density at radius 1 is 0.327 bits per heavy atom. The first-order valence-corrected chi connectivity index (χ1v) is 17.6. The zero-order valence-corrected chi connectivity index (χ0v) is 27.3. The number of benzene rings is 8. The van der Waals surface area contributed by atoms with E-state index in [2.05, 4.69) is 179 Å². The lowest BCUT2D eigenvalue weighted by molar-refractivity contribution is 1.18. The molecule has 8 aromatic carbocycles. The summed E-state index contributed by atoms with van der Waals surface area (Å²) in [5.41, 5.74) is 9.66. The number of para-hydroxylation sites is 4. The van der Waals surface area contributed by atoms with E-state index in [4.69, 9.17) is 0 Å². The second-order valence-corrected chi connectivity index (χ2v) is 14.0. The molecular formula is C46H28N2S. The van der Waals surface area contributed by atoms with Gasteiger partial charge in [0.1, 0.15) is 0 Å². The van der Waals surface area contributed by atoms with Crippen LogP contribution in [0.4, 0.5) is 0 Å². The van der Waals surface area contributed by atoms with Crippen LogP contribution in [0.3, 0.4) is 0 Å². The summed E-state index contributed by atoms with van der Waals surface area (Å²) in [7, 11) is 0. The average molecular weight is 641 g/mol. The molecule has 3 aromatic heterocycles. The zero-order chi connectivity index (χ0) is 32.1. The number of thiophene rings is 1. The largest absolute Gasteiger partial charge is 0.309 e. The molecule has 0 spiro atoms. The molecule has 0 radical (unpaired) electrons. The molecule has 228 valence electrons. The Morgan fingerprint density at radius 3 is 1.53 bits per heavy atom. The maximum absolute atomic E-state index is 2.49. The molecule has 0 saturated carbocycles. The molecule has 0 aliphatic heterocycles. The minimum Gasteiger partial charge on any atom is -0.309 e. The molecule has 0 bridgehead atoms. The van der Waals surface area contributed by atoms with Gasteiger partial charge in [0, 0.05) is 64.2 Å². The van der Waals surface area contributed by atoms with E-state index in [0.717, 1.165) is 0 Å². The van der Waals surface area contributed by atoms with Crippen LogP contribution in [0, 0.1) is 0 Å². The van der Waals surface area contributed by atoms with E-state index in [1.807, 2.05) is 11.3 Å². The van der Waals surface area contributed by atoms with E-state index in [1.54, 1.807) is 0 Å². The van der Waals surface area contributed by atoms with Gasteiger partial charge in [-0.15, -0.1) is 11.3 Å². The van der Waals surface area contributed by atoms with Crippen molar-refractivity contribution < 1.29 is 0 Å². The van der Waals surface area contributed by atoms with E-state index in [-0.39, 0.29) is 0 Å². The molecule has 3 heteroatoms. The Balaban J connectivity index is 1.27. The van der Waals surface area contributed by atoms with Gasteiger partial charge >= 0.3 is 0 Å². The van der Waals surface area contributed by atoms with Crippen molar-refractivity contribution >= 4 is 85.9 Å². The molecule has 0 fully saturated rings. The zero-order valence-electron chi connectivity index (χ0n) is 26.5. The van der Waals surface area contributed by atoms with Gasteiger partial charge in [0.25, 0.3) is 0 Å². The normalized spacial score (nSPS) is 12.1. The maximum Gasteiger partial charge on any atom is 0.0620 e. The Labute approximate surface area is 286 Å². The molecule has 11 rings (SSSR count). The number of hydrogen-bond donors (Lipinski definition) is 0. The van der Waals surface area contributed by atoms with Crippen LogP contribution in [0.15, 0.2) is 170 Å². The lowest BCUT2D eigenvalue weighted by atomic mass is 9.99. The van der Waals surface area contributed by atoms with Gasteiger partial charge in [-0.25, -0.2) is 0 Å². The van der Waals surface area contributed by atoms with Crippen LogP contribution < -0.4 is 0 Å². The summed E-state index contributed by atoms with van der Waals surface area (Å²) in [5, 5.41) is 10.1. The van der Waals surface area contributed by atoms with Crippen molar-refractivity contribution in [2.75, 3.05) is 0 Å². The molecule has 3 heterocycles. The third-order valence-corrected chi connectivity index (χ3v) is 11.4. The average Bonchev–Trinajstić information content (AvgIpc) is 3.82. The van der Waals surface area contributed by atoms with E-state index >= 15 is 0 Å². The summed E-state index contributed by atoms with van der Waals surface area (Å²) < 4.78 is 7.61. The van der Waals surface area contributed by atoms with Crippen molar-refractivity contribution in [3.8, 4) is 22.5 Å². The first-order valence-electron chi connectivity index (χ1n) is 16.8. The van der Waals surface area contributed by atoms with Crippen molar-refractivity contribution in [2.24, 2.45) is 0 Å². The predicted octanol–water partition coefficient (Wildman–Crippen LogP) is 13.1. The Kier molecular flexibility index (Phi) is 5.57. The van der Waals surface area contributed by atoms with Gasteiger partial charge in [-0.2, -0.15) is 0 Å². The Bertz CT molecular complexity index is 3120. The topological polar surface area (TPSA) is 9.86 Å². The molecule has 0 amide bonds. The van der Waals surface area contributed by atoms with Crippen LogP contribution >= 0.6 is 11.3 Å². The molecule has 0 N–H and O–H groups in total. The van der Waals surface area contributed by atoms with Gasteiger partial charge in [-0.3, -0.25) is 0 Å². The number of rotatable bonds is 3. The predicted molar refractivity (Wildman–Crippen MR) is 211 cm³/mol. The molecule has 0 atom stereocenters. The molecule has 0 aliphatic carbocycles. The van der Waals surface area contributed by atoms with Gasteiger partial charge < -0.3 is 9.13 Å². The molecule has 2 nitrogen and oxygen atoms in total. The first kappa shape index (κ1) is 26.9. The molecule has 11 aromatic rings. The summed E-state index contributed by atoms with van der Waals surface area (Å²) in [6, 6.07) is 62.6. The highest BCUT2D eigenvalue weighted by Gasteiger charge is 2.21. The fourth-order valence-corrected chi connectivity index (χ4v) is 9.26. The standard InChI is InChI=1S/C46H28N2S/c1-2-12-30-27-31(24-23-29(30)11-1)47-41-20-6-3-13-33(41)36-16-9-18-38(45(36)47)39-19-10-17-37-34-14-4-7-21-42(34)48(46(37)39)32-25-26-44-40(28-32)35-15-5-8-22-43(35)49-44/h1-28H. The van der Waals surface area contributed by atoms with Crippen LogP contribution in [-0.4, -0.2) is 9.13 Å². The van der Waals surface area contributed by atoms with Crippen LogP contribution in [0.2, 0.25) is 0 Å². The summed E-state index contributed by atoms with van der Waals surface area (Å²) in [6.07, 6.45) is 0. The van der Waals surface area contributed by atoms with E-state index < -0.39 is 0 Å². The van der Waals surface area contributed by atoms with Crippen molar-refractivity contribution in [1.29, 1.82) is 0 Å². The number of nitrogens with zero attached hydrogens (tertiary/aromatic N) is 2. The Hall–Kier alpha value is -6.16. The molecule has 0 saturated heterocycles. The van der Waals surface area contributed by atoms with E-state index in [1.165, 1.54) is 97.1 Å². The van der Waals surface area contributed by atoms with Crippen molar-refractivity contribution in [2.45, 2.75) is 0 Å². The van der Waals surface area contributed by atoms with Crippen molar-refractivity contribution in [3.05, 3.63) is 170 Å². The minimum absolute atomic E-state index is 1.17. The van der Waals surface area contributed by atoms with Gasteiger partial charge in [0.2, 0.25) is 0 Å². The second-order valence-electron chi connectivity index (χ2n) is 12.9. The van der Waals surface area contributed by atoms with Gasteiger partial charge in [-0.1, -0.05) is 121 Å². The number of hydrogen-bond acceptors (Lipinski definition) is 1. The SMILES string of the molecule is c1ccc2cc(-n3c4ccccc4c4cccc(-c5cccc6c7ccccc7n(-c7ccc8sc9ccccc9c8c7)c56)c43)ccc2c1. The summed E-state index contributed by atoms with van der Waals surface area (Å²) in [5.74, 6) is 0. The van der Waals surface area contributed by atoms with Crippen molar-refractivity contribution in [1.82, 2.24) is 9.13 Å². The minimum atomic E-state index is 1.17. The number of aromatic nitrogens is 2. The second kappa shape index (κ2) is 10.2. The van der Waals surface area contributed by atoms with Crippen LogP contribution in [0.5, 0.6) is 0 Å². The summed E-state index contributed by atoms with van der Waals surface area (Å²) in [6.45, 7) is 0. The molecular weight excluding hydrogens is 613 g/mol. The smallest absolute Gasteiger partial charge is 0.0620 e. The van der Waals surface area contributed by atoms with Crippen LogP contribution in [0.25, 0.3) is 97.1 Å². The van der Waals surface area contributed by atoms with E-state index in [9.17, 15) is 0 Å². The fourth-order valence-electron chi connectivity index (χ4n) is 8.18. The lowest BCUT2D eigenvalue weighted by Gasteiger charge is -2.15. The number of fused-ring (bicyclic) bond motifs is 10. The third-order valence-electron chi connectivity index (χ3n) is 10.3. The highest BCUT2D eigenvalue weighted by atomic mass is 32.1.